The normalized spacial score (nSPS) is 10.8. The maximum absolute atomic E-state index is 9.15. The van der Waals surface area contributed by atoms with Crippen molar-refractivity contribution >= 4 is 10.8 Å². The van der Waals surface area contributed by atoms with Crippen molar-refractivity contribution in [3.05, 3.63) is 30.2 Å². The molecule has 62 valence electrons. The molecule has 0 unspecified atom stereocenters. The number of phenolic OH excluding ortho intramolecular Hbond substituents is 1. The highest BCUT2D eigenvalue weighted by atomic mass is 16.4. The van der Waals surface area contributed by atoms with Gasteiger partial charge >= 0.3 is 0 Å². The van der Waals surface area contributed by atoms with Crippen molar-refractivity contribution in [1.29, 1.82) is 0 Å². The predicted octanol–water partition coefficient (Wildman–Crippen LogP) is 1.63. The molecule has 3 nitrogen and oxygen atoms in total. The number of rotatable bonds is 1. The van der Waals surface area contributed by atoms with Gasteiger partial charge in [-0.3, -0.25) is 0 Å². The average Bonchev–Trinajstić information content (AvgIpc) is 2.46. The molecule has 1 aromatic heterocycles. The van der Waals surface area contributed by atoms with E-state index in [1.54, 1.807) is 24.5 Å². The maximum atomic E-state index is 9.15. The fourth-order valence-corrected chi connectivity index (χ4v) is 1.21. The zero-order valence-electron chi connectivity index (χ0n) is 6.32. The molecule has 0 spiro atoms. The quantitative estimate of drug-likeness (QED) is 0.673. The molecule has 0 radical (unpaired) electrons. The van der Waals surface area contributed by atoms with Gasteiger partial charge in [-0.25, -0.2) is 0 Å². The lowest BCUT2D eigenvalue weighted by atomic mass is 10.2. The zero-order chi connectivity index (χ0) is 8.55. The van der Waals surface area contributed by atoms with Crippen molar-refractivity contribution in [3.8, 4) is 5.75 Å². The van der Waals surface area contributed by atoms with Gasteiger partial charge in [-0.05, 0) is 18.2 Å². The van der Waals surface area contributed by atoms with Crippen LogP contribution in [0.1, 0.15) is 5.76 Å². The third-order valence-corrected chi connectivity index (χ3v) is 1.81. The number of hydrogen-bond donors (Lipinski definition) is 2. The molecule has 1 aromatic carbocycles. The van der Waals surface area contributed by atoms with Gasteiger partial charge in [0.1, 0.15) is 18.1 Å². The summed E-state index contributed by atoms with van der Waals surface area (Å²) in [6.45, 7) is -0.146. The Kier molecular flexibility index (Phi) is 1.52. The first kappa shape index (κ1) is 7.18. The first-order valence-electron chi connectivity index (χ1n) is 3.61. The summed E-state index contributed by atoms with van der Waals surface area (Å²) in [4.78, 5) is 0. The SMILES string of the molecule is OCc1occ2ccc(O)cc12. The first-order valence-corrected chi connectivity index (χ1v) is 3.61. The summed E-state index contributed by atoms with van der Waals surface area (Å²) in [5, 5.41) is 19.6. The van der Waals surface area contributed by atoms with Crippen LogP contribution in [0, 0.1) is 0 Å². The second-order valence-corrected chi connectivity index (χ2v) is 2.59. The van der Waals surface area contributed by atoms with E-state index < -0.39 is 0 Å². The van der Waals surface area contributed by atoms with E-state index in [4.69, 9.17) is 14.6 Å². The minimum Gasteiger partial charge on any atom is -0.508 e. The van der Waals surface area contributed by atoms with E-state index >= 15 is 0 Å². The molecule has 0 bridgehead atoms. The molecule has 0 aliphatic rings. The van der Waals surface area contributed by atoms with Crippen LogP contribution in [0.25, 0.3) is 10.8 Å². The highest BCUT2D eigenvalue weighted by Gasteiger charge is 2.04. The molecule has 0 fully saturated rings. The van der Waals surface area contributed by atoms with Crippen molar-refractivity contribution in [3.63, 3.8) is 0 Å². The topological polar surface area (TPSA) is 53.6 Å². The third-order valence-electron chi connectivity index (χ3n) is 1.81. The highest BCUT2D eigenvalue weighted by Crippen LogP contribution is 2.24. The van der Waals surface area contributed by atoms with Gasteiger partial charge in [-0.2, -0.15) is 0 Å². The number of furan rings is 1. The van der Waals surface area contributed by atoms with Gasteiger partial charge in [0, 0.05) is 10.8 Å². The molecule has 0 saturated heterocycles. The van der Waals surface area contributed by atoms with E-state index in [2.05, 4.69) is 0 Å². The predicted molar refractivity (Wildman–Crippen MR) is 43.8 cm³/mol. The molecule has 0 amide bonds. The highest BCUT2D eigenvalue weighted by molar-refractivity contribution is 5.85. The van der Waals surface area contributed by atoms with E-state index in [0.29, 0.717) is 5.76 Å². The standard InChI is InChI=1S/C9H8O3/c10-4-9-8-3-7(11)2-1-6(8)5-12-9/h1-3,5,10-11H,4H2. The summed E-state index contributed by atoms with van der Waals surface area (Å²) in [5.74, 6) is 0.666. The monoisotopic (exact) mass is 164 g/mol. The van der Waals surface area contributed by atoms with E-state index in [1.807, 2.05) is 0 Å². The van der Waals surface area contributed by atoms with Crippen LogP contribution in [0.15, 0.2) is 28.9 Å². The van der Waals surface area contributed by atoms with E-state index in [0.717, 1.165) is 10.8 Å². The minimum absolute atomic E-state index is 0.146. The number of fused-ring (bicyclic) bond motifs is 1. The van der Waals surface area contributed by atoms with Crippen LogP contribution in [0.3, 0.4) is 0 Å². The van der Waals surface area contributed by atoms with Crippen LogP contribution in [-0.4, -0.2) is 10.2 Å². The van der Waals surface area contributed by atoms with Gasteiger partial charge < -0.3 is 14.6 Å². The largest absolute Gasteiger partial charge is 0.508 e. The van der Waals surface area contributed by atoms with Crippen molar-refractivity contribution < 1.29 is 14.6 Å². The summed E-state index contributed by atoms with van der Waals surface area (Å²) in [7, 11) is 0. The molecule has 2 N–H and O–H groups in total. The third kappa shape index (κ3) is 0.950. The van der Waals surface area contributed by atoms with Gasteiger partial charge in [0.05, 0.1) is 6.26 Å². The molecule has 3 heteroatoms. The van der Waals surface area contributed by atoms with Gasteiger partial charge in [-0.15, -0.1) is 0 Å². The molecular formula is C9H8O3. The maximum Gasteiger partial charge on any atom is 0.137 e. The van der Waals surface area contributed by atoms with Gasteiger partial charge in [0.25, 0.3) is 0 Å². The fraction of sp³-hybridized carbons (Fsp3) is 0.111. The fourth-order valence-electron chi connectivity index (χ4n) is 1.21. The molecule has 0 aliphatic heterocycles. The Morgan fingerprint density at radius 3 is 2.92 bits per heavy atom. The number of benzene rings is 1. The van der Waals surface area contributed by atoms with Crippen molar-refractivity contribution in [2.75, 3.05) is 0 Å². The van der Waals surface area contributed by atoms with Gasteiger partial charge in [0.15, 0.2) is 0 Å². The Balaban J connectivity index is 2.75. The second-order valence-electron chi connectivity index (χ2n) is 2.59. The van der Waals surface area contributed by atoms with Crippen molar-refractivity contribution in [2.45, 2.75) is 6.61 Å². The van der Waals surface area contributed by atoms with Gasteiger partial charge in [0.2, 0.25) is 0 Å². The summed E-state index contributed by atoms with van der Waals surface area (Å²) in [6.07, 6.45) is 1.56. The molecule has 0 atom stereocenters. The Morgan fingerprint density at radius 1 is 1.33 bits per heavy atom. The Bertz CT molecular complexity index is 403. The number of aliphatic hydroxyl groups excluding tert-OH is 1. The molecule has 0 saturated carbocycles. The zero-order valence-corrected chi connectivity index (χ0v) is 6.32. The van der Waals surface area contributed by atoms with Gasteiger partial charge in [-0.1, -0.05) is 0 Å². The number of aromatic hydroxyl groups is 1. The molecule has 1 heterocycles. The lowest BCUT2D eigenvalue weighted by Crippen LogP contribution is -1.77. The number of aliphatic hydroxyl groups is 1. The Hall–Kier alpha value is -1.48. The molecule has 12 heavy (non-hydrogen) atoms. The van der Waals surface area contributed by atoms with Crippen molar-refractivity contribution in [1.82, 2.24) is 0 Å². The van der Waals surface area contributed by atoms with Crippen LogP contribution >= 0.6 is 0 Å². The molecule has 2 aromatic rings. The summed E-state index contributed by atoms with van der Waals surface area (Å²) < 4.78 is 5.06. The first-order chi connectivity index (χ1) is 5.81. The minimum atomic E-state index is -0.146. The van der Waals surface area contributed by atoms with E-state index in [-0.39, 0.29) is 12.4 Å². The summed E-state index contributed by atoms with van der Waals surface area (Å²) >= 11 is 0. The van der Waals surface area contributed by atoms with Crippen LogP contribution in [0.4, 0.5) is 0 Å². The van der Waals surface area contributed by atoms with Crippen LogP contribution in [-0.2, 0) is 6.61 Å². The summed E-state index contributed by atoms with van der Waals surface area (Å²) in [6, 6.07) is 4.90. The van der Waals surface area contributed by atoms with E-state index in [9.17, 15) is 0 Å². The molecule has 2 rings (SSSR count). The number of hydrogen-bond acceptors (Lipinski definition) is 3. The lowest BCUT2D eigenvalue weighted by Gasteiger charge is -1.92. The Labute approximate surface area is 68.9 Å². The van der Waals surface area contributed by atoms with Crippen LogP contribution < -0.4 is 0 Å². The lowest BCUT2D eigenvalue weighted by molar-refractivity contribution is 0.249. The van der Waals surface area contributed by atoms with Crippen LogP contribution in [0.2, 0.25) is 0 Å². The average molecular weight is 164 g/mol. The molecular weight excluding hydrogens is 156 g/mol. The smallest absolute Gasteiger partial charge is 0.137 e. The van der Waals surface area contributed by atoms with Crippen LogP contribution in [0.5, 0.6) is 5.75 Å². The van der Waals surface area contributed by atoms with E-state index in [1.165, 1.54) is 0 Å². The van der Waals surface area contributed by atoms with Crippen molar-refractivity contribution in [2.24, 2.45) is 0 Å². The number of phenols is 1. The Morgan fingerprint density at radius 2 is 2.17 bits per heavy atom. The second kappa shape index (κ2) is 2.53. The molecule has 0 aliphatic carbocycles. The summed E-state index contributed by atoms with van der Waals surface area (Å²) in [5.41, 5.74) is 0.